The summed E-state index contributed by atoms with van der Waals surface area (Å²) in [4.78, 5) is 38.2. The molecule has 0 aliphatic carbocycles. The minimum atomic E-state index is -0.604. The Morgan fingerprint density at radius 1 is 1.24 bits per heavy atom. The number of carbonyl (C=O) groups excluding carboxylic acids is 1. The highest BCUT2D eigenvalue weighted by Crippen LogP contribution is 2.20. The second-order valence-electron chi connectivity index (χ2n) is 6.41. The van der Waals surface area contributed by atoms with E-state index in [0.29, 0.717) is 30.4 Å². The first kappa shape index (κ1) is 18.8. The summed E-state index contributed by atoms with van der Waals surface area (Å²) in [5.74, 6) is 0.560. The second-order valence-corrected chi connectivity index (χ2v) is 6.41. The standard InChI is InChI=1S/C20H19N5O4/c1-28-14-4-7-22-16(10-14)20(27)24-17-12-29-9-8-25-18(26)11-15(23-19(17)25)13-2-5-21-6-3-13/h2-7,10-11,17H,8-9,12H2,1H3,(H,24,27). The highest BCUT2D eigenvalue weighted by atomic mass is 16.5. The Bertz CT molecular complexity index is 1080. The molecule has 3 aromatic rings. The van der Waals surface area contributed by atoms with Crippen LogP contribution in [0.4, 0.5) is 0 Å². The van der Waals surface area contributed by atoms with Crippen LogP contribution in [0.5, 0.6) is 5.75 Å². The molecule has 4 rings (SSSR count). The number of pyridine rings is 2. The van der Waals surface area contributed by atoms with Crippen LogP contribution < -0.4 is 15.6 Å². The molecule has 0 fully saturated rings. The van der Waals surface area contributed by atoms with E-state index in [1.165, 1.54) is 23.9 Å². The molecule has 1 unspecified atom stereocenters. The number of amides is 1. The maximum atomic E-state index is 12.7. The minimum Gasteiger partial charge on any atom is -0.497 e. The third-order valence-corrected chi connectivity index (χ3v) is 4.57. The third-order valence-electron chi connectivity index (χ3n) is 4.57. The zero-order chi connectivity index (χ0) is 20.2. The van der Waals surface area contributed by atoms with Gasteiger partial charge in [0.15, 0.2) is 0 Å². The summed E-state index contributed by atoms with van der Waals surface area (Å²) >= 11 is 0. The predicted octanol–water partition coefficient (Wildman–Crippen LogP) is 1.21. The van der Waals surface area contributed by atoms with E-state index < -0.39 is 11.9 Å². The van der Waals surface area contributed by atoms with E-state index in [2.05, 4.69) is 20.3 Å². The van der Waals surface area contributed by atoms with Crippen LogP contribution in [-0.4, -0.2) is 45.7 Å². The Morgan fingerprint density at radius 3 is 2.86 bits per heavy atom. The van der Waals surface area contributed by atoms with Crippen molar-refractivity contribution >= 4 is 5.91 Å². The second kappa shape index (κ2) is 8.19. The molecule has 9 heteroatoms. The van der Waals surface area contributed by atoms with Crippen LogP contribution in [0.2, 0.25) is 0 Å². The predicted molar refractivity (Wildman–Crippen MR) is 104 cm³/mol. The number of nitrogens with one attached hydrogen (secondary N) is 1. The first-order valence-corrected chi connectivity index (χ1v) is 9.06. The molecule has 1 aliphatic rings. The molecule has 3 aromatic heterocycles. The Kier molecular flexibility index (Phi) is 5.30. The first-order chi connectivity index (χ1) is 14.2. The number of carbonyl (C=O) groups is 1. The molecule has 0 spiro atoms. The van der Waals surface area contributed by atoms with Crippen molar-refractivity contribution in [1.82, 2.24) is 24.8 Å². The number of nitrogens with zero attached hydrogens (tertiary/aromatic N) is 4. The van der Waals surface area contributed by atoms with Crippen LogP contribution in [0.15, 0.2) is 53.7 Å². The summed E-state index contributed by atoms with van der Waals surface area (Å²) in [5, 5.41) is 2.87. The van der Waals surface area contributed by atoms with E-state index in [9.17, 15) is 9.59 Å². The van der Waals surface area contributed by atoms with Gasteiger partial charge < -0.3 is 14.8 Å². The van der Waals surface area contributed by atoms with E-state index in [1.54, 1.807) is 36.7 Å². The lowest BCUT2D eigenvalue weighted by molar-refractivity contribution is 0.0850. The fraction of sp³-hybridized carbons (Fsp3) is 0.250. The highest BCUT2D eigenvalue weighted by Gasteiger charge is 2.25. The average Bonchev–Trinajstić information content (AvgIpc) is 2.97. The van der Waals surface area contributed by atoms with Crippen molar-refractivity contribution in [2.45, 2.75) is 12.6 Å². The number of rotatable bonds is 4. The molecule has 0 radical (unpaired) electrons. The van der Waals surface area contributed by atoms with Gasteiger partial charge in [0.25, 0.3) is 11.5 Å². The zero-order valence-corrected chi connectivity index (χ0v) is 15.7. The van der Waals surface area contributed by atoms with Gasteiger partial charge >= 0.3 is 0 Å². The van der Waals surface area contributed by atoms with Crippen molar-refractivity contribution in [3.05, 3.63) is 70.8 Å². The number of fused-ring (bicyclic) bond motifs is 1. The van der Waals surface area contributed by atoms with Crippen LogP contribution in [0.3, 0.4) is 0 Å². The zero-order valence-electron chi connectivity index (χ0n) is 15.7. The Labute approximate surface area is 166 Å². The number of hydrogen-bond donors (Lipinski definition) is 1. The fourth-order valence-corrected chi connectivity index (χ4v) is 3.12. The van der Waals surface area contributed by atoms with Crippen molar-refractivity contribution in [2.75, 3.05) is 20.3 Å². The fourth-order valence-electron chi connectivity index (χ4n) is 3.12. The van der Waals surface area contributed by atoms with Crippen LogP contribution >= 0.6 is 0 Å². The van der Waals surface area contributed by atoms with E-state index in [1.807, 2.05) is 0 Å². The topological polar surface area (TPSA) is 108 Å². The Hall–Kier alpha value is -3.59. The first-order valence-electron chi connectivity index (χ1n) is 9.06. The monoisotopic (exact) mass is 393 g/mol. The molecule has 9 nitrogen and oxygen atoms in total. The molecule has 1 atom stereocenters. The van der Waals surface area contributed by atoms with Gasteiger partial charge in [-0.2, -0.15) is 0 Å². The molecular weight excluding hydrogens is 374 g/mol. The molecule has 1 aliphatic heterocycles. The van der Waals surface area contributed by atoms with E-state index in [4.69, 9.17) is 9.47 Å². The lowest BCUT2D eigenvalue weighted by Gasteiger charge is -2.19. The minimum absolute atomic E-state index is 0.196. The molecule has 0 saturated heterocycles. The summed E-state index contributed by atoms with van der Waals surface area (Å²) in [6.07, 6.45) is 4.77. The molecule has 0 saturated carbocycles. The lowest BCUT2D eigenvalue weighted by atomic mass is 10.1. The average molecular weight is 393 g/mol. The van der Waals surface area contributed by atoms with Gasteiger partial charge in [0.05, 0.1) is 32.6 Å². The largest absolute Gasteiger partial charge is 0.497 e. The van der Waals surface area contributed by atoms with E-state index in [-0.39, 0.29) is 17.9 Å². The van der Waals surface area contributed by atoms with Gasteiger partial charge in [-0.05, 0) is 18.2 Å². The van der Waals surface area contributed by atoms with Gasteiger partial charge in [-0.3, -0.25) is 24.1 Å². The third kappa shape index (κ3) is 3.99. The number of methoxy groups -OCH3 is 1. The molecule has 0 bridgehead atoms. The molecule has 4 heterocycles. The van der Waals surface area contributed by atoms with Crippen molar-refractivity contribution in [3.8, 4) is 17.0 Å². The maximum Gasteiger partial charge on any atom is 0.270 e. The summed E-state index contributed by atoms with van der Waals surface area (Å²) < 4.78 is 12.3. The molecule has 0 aromatic carbocycles. The number of hydrogen-bond acceptors (Lipinski definition) is 7. The van der Waals surface area contributed by atoms with Crippen molar-refractivity contribution in [3.63, 3.8) is 0 Å². The molecular formula is C20H19N5O4. The van der Waals surface area contributed by atoms with Gasteiger partial charge in [0, 0.05) is 36.3 Å². The normalized spacial score (nSPS) is 15.8. The summed E-state index contributed by atoms with van der Waals surface area (Å²) in [7, 11) is 1.52. The maximum absolute atomic E-state index is 12.7. The van der Waals surface area contributed by atoms with Gasteiger partial charge in [-0.25, -0.2) is 4.98 Å². The van der Waals surface area contributed by atoms with Gasteiger partial charge in [0.1, 0.15) is 23.3 Å². The van der Waals surface area contributed by atoms with Crippen molar-refractivity contribution in [2.24, 2.45) is 0 Å². The Balaban J connectivity index is 1.70. The van der Waals surface area contributed by atoms with Crippen LogP contribution in [0, 0.1) is 0 Å². The lowest BCUT2D eigenvalue weighted by Crippen LogP contribution is -2.36. The highest BCUT2D eigenvalue weighted by molar-refractivity contribution is 5.92. The quantitative estimate of drug-likeness (QED) is 0.710. The van der Waals surface area contributed by atoms with Gasteiger partial charge in [-0.15, -0.1) is 0 Å². The van der Waals surface area contributed by atoms with Crippen molar-refractivity contribution < 1.29 is 14.3 Å². The number of aromatic nitrogens is 4. The molecule has 148 valence electrons. The summed E-state index contributed by atoms with van der Waals surface area (Å²) in [6.45, 7) is 0.913. The molecule has 1 N–H and O–H groups in total. The van der Waals surface area contributed by atoms with Crippen LogP contribution in [0.25, 0.3) is 11.3 Å². The molecule has 1 amide bonds. The smallest absolute Gasteiger partial charge is 0.270 e. The van der Waals surface area contributed by atoms with Crippen LogP contribution in [-0.2, 0) is 11.3 Å². The summed E-state index contributed by atoms with van der Waals surface area (Å²) in [6, 6.07) is 7.63. The van der Waals surface area contributed by atoms with Gasteiger partial charge in [0.2, 0.25) is 0 Å². The van der Waals surface area contributed by atoms with Crippen LogP contribution in [0.1, 0.15) is 22.4 Å². The van der Waals surface area contributed by atoms with E-state index in [0.717, 1.165) is 5.56 Å². The SMILES string of the molecule is COc1ccnc(C(=O)NC2COCCn3c2nc(-c2ccncc2)cc3=O)c1. The van der Waals surface area contributed by atoms with Crippen molar-refractivity contribution in [1.29, 1.82) is 0 Å². The van der Waals surface area contributed by atoms with E-state index >= 15 is 0 Å². The molecule has 29 heavy (non-hydrogen) atoms. The number of ether oxygens (including phenoxy) is 2. The summed E-state index contributed by atoms with van der Waals surface area (Å²) in [5.41, 5.74) is 1.29. The van der Waals surface area contributed by atoms with Gasteiger partial charge in [-0.1, -0.05) is 0 Å². The Morgan fingerprint density at radius 2 is 2.07 bits per heavy atom.